The van der Waals surface area contributed by atoms with Crippen molar-refractivity contribution in [2.24, 2.45) is 11.8 Å². The summed E-state index contributed by atoms with van der Waals surface area (Å²) in [6.07, 6.45) is 3.27. The number of hydrogen-bond donors (Lipinski definition) is 1. The Balaban J connectivity index is 1.50. The molecule has 0 bridgehead atoms. The highest BCUT2D eigenvalue weighted by molar-refractivity contribution is 7.89. The molecule has 0 radical (unpaired) electrons. The highest BCUT2D eigenvalue weighted by atomic mass is 32.2. The SMILES string of the molecule is CC(C)[C@H]1OCC[C@@H]1C(=O)NC1CCN(S(=O)(=O)C2CCOCC2)CC1. The number of sulfonamides is 1. The van der Waals surface area contributed by atoms with Crippen molar-refractivity contribution in [3.63, 3.8) is 0 Å². The normalized spacial score (nSPS) is 30.0. The van der Waals surface area contributed by atoms with Crippen molar-refractivity contribution in [1.82, 2.24) is 9.62 Å². The van der Waals surface area contributed by atoms with E-state index < -0.39 is 10.0 Å². The number of nitrogens with zero attached hydrogens (tertiary/aromatic N) is 1. The first-order valence-electron chi connectivity index (χ1n) is 9.88. The van der Waals surface area contributed by atoms with Gasteiger partial charge in [-0.25, -0.2) is 12.7 Å². The van der Waals surface area contributed by atoms with Gasteiger partial charge >= 0.3 is 0 Å². The topological polar surface area (TPSA) is 84.9 Å². The van der Waals surface area contributed by atoms with Crippen LogP contribution in [0.1, 0.15) is 46.0 Å². The van der Waals surface area contributed by atoms with Crippen LogP contribution < -0.4 is 5.32 Å². The van der Waals surface area contributed by atoms with Gasteiger partial charge in [0.25, 0.3) is 0 Å². The number of amides is 1. The third-order valence-electron chi connectivity index (χ3n) is 5.88. The van der Waals surface area contributed by atoms with Gasteiger partial charge in [-0.2, -0.15) is 0 Å². The van der Waals surface area contributed by atoms with Crippen LogP contribution in [0.3, 0.4) is 0 Å². The average Bonchev–Trinajstić information content (AvgIpc) is 3.13. The molecule has 2 atom stereocenters. The van der Waals surface area contributed by atoms with Gasteiger partial charge < -0.3 is 14.8 Å². The summed E-state index contributed by atoms with van der Waals surface area (Å²) in [7, 11) is -3.25. The maximum atomic E-state index is 12.8. The van der Waals surface area contributed by atoms with Gasteiger partial charge in [0.15, 0.2) is 0 Å². The molecule has 0 saturated carbocycles. The fraction of sp³-hybridized carbons (Fsp3) is 0.944. The molecular formula is C18H32N2O5S. The second kappa shape index (κ2) is 8.54. The molecule has 3 aliphatic rings. The van der Waals surface area contributed by atoms with Gasteiger partial charge in [-0.1, -0.05) is 13.8 Å². The summed E-state index contributed by atoms with van der Waals surface area (Å²) in [5.41, 5.74) is 0. The van der Waals surface area contributed by atoms with Crippen molar-refractivity contribution in [1.29, 1.82) is 0 Å². The summed E-state index contributed by atoms with van der Waals surface area (Å²) in [5.74, 6) is 0.297. The summed E-state index contributed by atoms with van der Waals surface area (Å²) in [6, 6.07) is 0.0528. The Morgan fingerprint density at radius 2 is 1.69 bits per heavy atom. The van der Waals surface area contributed by atoms with Gasteiger partial charge in [0.2, 0.25) is 15.9 Å². The van der Waals surface area contributed by atoms with E-state index in [4.69, 9.17) is 9.47 Å². The average molecular weight is 389 g/mol. The fourth-order valence-electron chi connectivity index (χ4n) is 4.30. The lowest BCUT2D eigenvalue weighted by atomic mass is 9.91. The minimum atomic E-state index is -3.25. The molecule has 3 fully saturated rings. The van der Waals surface area contributed by atoms with E-state index >= 15 is 0 Å². The fourth-order valence-corrected chi connectivity index (χ4v) is 6.23. The Hall–Kier alpha value is -0.700. The van der Waals surface area contributed by atoms with Crippen LogP contribution in [-0.4, -0.2) is 68.9 Å². The predicted octanol–water partition coefficient (Wildman–Crippen LogP) is 1.14. The largest absolute Gasteiger partial charge is 0.381 e. The molecule has 7 nitrogen and oxygen atoms in total. The monoisotopic (exact) mass is 388 g/mol. The zero-order valence-corrected chi connectivity index (χ0v) is 16.7. The molecule has 0 aromatic carbocycles. The standard InChI is InChI=1S/C18H32N2O5S/c1-13(2)17-16(7-12-25-17)18(21)19-14-3-8-20(9-4-14)26(22,23)15-5-10-24-11-6-15/h13-17H,3-12H2,1-2H3,(H,19,21)/t16-,17+/m0/s1. The minimum absolute atomic E-state index is 0.0102. The summed E-state index contributed by atoms with van der Waals surface area (Å²) in [5, 5.41) is 2.82. The zero-order valence-electron chi connectivity index (χ0n) is 15.9. The molecule has 0 aromatic heterocycles. The first kappa shape index (κ1) is 20.0. The molecule has 0 aliphatic carbocycles. The molecular weight excluding hydrogens is 356 g/mol. The number of rotatable bonds is 5. The quantitative estimate of drug-likeness (QED) is 0.763. The molecule has 0 aromatic rings. The lowest BCUT2D eigenvalue weighted by Gasteiger charge is -2.35. The van der Waals surface area contributed by atoms with Crippen molar-refractivity contribution in [2.75, 3.05) is 32.9 Å². The van der Waals surface area contributed by atoms with Crippen LogP contribution in [0.15, 0.2) is 0 Å². The third-order valence-corrected chi connectivity index (χ3v) is 8.28. The molecule has 150 valence electrons. The number of piperidine rings is 1. The van der Waals surface area contributed by atoms with Crippen LogP contribution in [0, 0.1) is 11.8 Å². The molecule has 0 unspecified atom stereocenters. The van der Waals surface area contributed by atoms with Crippen LogP contribution in [0.2, 0.25) is 0 Å². The molecule has 26 heavy (non-hydrogen) atoms. The first-order chi connectivity index (χ1) is 12.4. The van der Waals surface area contributed by atoms with Crippen LogP contribution in [-0.2, 0) is 24.3 Å². The summed E-state index contributed by atoms with van der Waals surface area (Å²) in [4.78, 5) is 12.6. The summed E-state index contributed by atoms with van der Waals surface area (Å²) >= 11 is 0. The molecule has 3 saturated heterocycles. The third kappa shape index (κ3) is 4.40. The van der Waals surface area contributed by atoms with Gasteiger partial charge in [-0.15, -0.1) is 0 Å². The number of carbonyl (C=O) groups excluding carboxylic acids is 1. The summed E-state index contributed by atoms with van der Waals surface area (Å²) < 4.78 is 38.1. The van der Waals surface area contributed by atoms with E-state index in [1.165, 1.54) is 0 Å². The number of hydrogen-bond acceptors (Lipinski definition) is 5. The molecule has 0 spiro atoms. The van der Waals surface area contributed by atoms with Crippen molar-refractivity contribution in [2.45, 2.75) is 63.3 Å². The Bertz CT molecular complexity index is 580. The van der Waals surface area contributed by atoms with E-state index in [9.17, 15) is 13.2 Å². The van der Waals surface area contributed by atoms with Crippen LogP contribution in [0.4, 0.5) is 0 Å². The van der Waals surface area contributed by atoms with Crippen LogP contribution >= 0.6 is 0 Å². The molecule has 3 aliphatic heterocycles. The second-order valence-electron chi connectivity index (χ2n) is 8.01. The number of ether oxygens (including phenoxy) is 2. The smallest absolute Gasteiger partial charge is 0.226 e. The highest BCUT2D eigenvalue weighted by Gasteiger charge is 2.39. The number of carbonyl (C=O) groups is 1. The van der Waals surface area contributed by atoms with Crippen LogP contribution in [0.5, 0.6) is 0 Å². The van der Waals surface area contributed by atoms with E-state index in [0.29, 0.717) is 64.5 Å². The van der Waals surface area contributed by atoms with Gasteiger partial charge in [-0.3, -0.25) is 4.79 Å². The molecule has 8 heteroatoms. The molecule has 1 N–H and O–H groups in total. The molecule has 3 heterocycles. The van der Waals surface area contributed by atoms with Gasteiger partial charge in [0.1, 0.15) is 0 Å². The van der Waals surface area contributed by atoms with E-state index in [1.807, 2.05) is 0 Å². The maximum absolute atomic E-state index is 12.8. The Kier molecular flexibility index (Phi) is 6.59. The van der Waals surface area contributed by atoms with Gasteiger partial charge in [-0.05, 0) is 38.0 Å². The van der Waals surface area contributed by atoms with E-state index in [-0.39, 0.29) is 29.2 Å². The highest BCUT2D eigenvalue weighted by Crippen LogP contribution is 2.28. The molecule has 3 rings (SSSR count). The zero-order chi connectivity index (χ0) is 18.7. The second-order valence-corrected chi connectivity index (χ2v) is 10.2. The van der Waals surface area contributed by atoms with Gasteiger partial charge in [0, 0.05) is 39.0 Å². The Morgan fingerprint density at radius 3 is 2.31 bits per heavy atom. The Labute approximate surface area is 156 Å². The lowest BCUT2D eigenvalue weighted by Crippen LogP contribution is -2.51. The van der Waals surface area contributed by atoms with Gasteiger partial charge in [0.05, 0.1) is 17.3 Å². The van der Waals surface area contributed by atoms with E-state index in [2.05, 4.69) is 19.2 Å². The van der Waals surface area contributed by atoms with E-state index in [1.54, 1.807) is 4.31 Å². The summed E-state index contributed by atoms with van der Waals surface area (Å²) in [6.45, 7) is 6.82. The predicted molar refractivity (Wildman–Crippen MR) is 98.2 cm³/mol. The first-order valence-corrected chi connectivity index (χ1v) is 11.4. The van der Waals surface area contributed by atoms with Crippen molar-refractivity contribution < 1.29 is 22.7 Å². The van der Waals surface area contributed by atoms with E-state index in [0.717, 1.165) is 6.42 Å². The maximum Gasteiger partial charge on any atom is 0.226 e. The molecule has 1 amide bonds. The van der Waals surface area contributed by atoms with Crippen LogP contribution in [0.25, 0.3) is 0 Å². The minimum Gasteiger partial charge on any atom is -0.381 e. The van der Waals surface area contributed by atoms with Crippen molar-refractivity contribution in [3.8, 4) is 0 Å². The van der Waals surface area contributed by atoms with Crippen molar-refractivity contribution in [3.05, 3.63) is 0 Å². The van der Waals surface area contributed by atoms with Crippen molar-refractivity contribution >= 4 is 15.9 Å². The number of nitrogens with one attached hydrogen (secondary N) is 1. The lowest BCUT2D eigenvalue weighted by molar-refractivity contribution is -0.128. The Morgan fingerprint density at radius 1 is 1.04 bits per heavy atom.